The maximum absolute atomic E-state index is 12.4. The molecule has 0 unspecified atom stereocenters. The van der Waals surface area contributed by atoms with E-state index in [1.54, 1.807) is 31.2 Å². The number of aliphatic hydroxyl groups is 1. The molecule has 0 atom stereocenters. The van der Waals surface area contributed by atoms with Crippen LogP contribution in [0.1, 0.15) is 95.3 Å². The van der Waals surface area contributed by atoms with Crippen LogP contribution in [0.2, 0.25) is 0 Å². The third kappa shape index (κ3) is 7.55. The first-order valence-corrected chi connectivity index (χ1v) is 16.6. The molecule has 0 bridgehead atoms. The van der Waals surface area contributed by atoms with Crippen LogP contribution in [0, 0.1) is 0 Å². The lowest BCUT2D eigenvalue weighted by atomic mass is 9.95. The smallest absolute Gasteiger partial charge is 0.341 e. The summed E-state index contributed by atoms with van der Waals surface area (Å²) in [7, 11) is 0. The first-order valence-electron chi connectivity index (χ1n) is 15.0. The summed E-state index contributed by atoms with van der Waals surface area (Å²) in [5.74, 6) is -0.914. The van der Waals surface area contributed by atoms with Crippen molar-refractivity contribution in [2.45, 2.75) is 58.3 Å². The highest BCUT2D eigenvalue weighted by Crippen LogP contribution is 2.39. The predicted molar refractivity (Wildman–Crippen MR) is 171 cm³/mol. The molecule has 0 saturated carbocycles. The zero-order valence-corrected chi connectivity index (χ0v) is 26.5. The van der Waals surface area contributed by atoms with Gasteiger partial charge in [-0.3, -0.25) is 14.4 Å². The van der Waals surface area contributed by atoms with Crippen molar-refractivity contribution >= 4 is 56.4 Å². The highest BCUT2D eigenvalue weighted by Gasteiger charge is 2.28. The van der Waals surface area contributed by atoms with Gasteiger partial charge in [-0.15, -0.1) is 22.7 Å². The predicted octanol–water partition coefficient (Wildman–Crippen LogP) is 5.84. The van der Waals surface area contributed by atoms with Gasteiger partial charge < -0.3 is 34.6 Å². The van der Waals surface area contributed by atoms with Gasteiger partial charge in [-0.1, -0.05) is 0 Å². The van der Waals surface area contributed by atoms with E-state index in [4.69, 9.17) is 18.7 Å². The highest BCUT2D eigenvalue weighted by atomic mass is 32.1. The fraction of sp³-hybridized carbons (Fsp3) is 0.375. The van der Waals surface area contributed by atoms with E-state index >= 15 is 0 Å². The number of amides is 3. The molecule has 4 aromatic heterocycles. The van der Waals surface area contributed by atoms with Crippen molar-refractivity contribution in [3.63, 3.8) is 0 Å². The van der Waals surface area contributed by atoms with Crippen molar-refractivity contribution in [2.75, 3.05) is 30.4 Å². The lowest BCUT2D eigenvalue weighted by Gasteiger charge is -2.13. The maximum atomic E-state index is 12.4. The number of hydrogen-bond acceptors (Lipinski definition) is 10. The van der Waals surface area contributed by atoms with E-state index in [9.17, 15) is 19.2 Å². The van der Waals surface area contributed by atoms with Crippen molar-refractivity contribution < 1.29 is 37.9 Å². The molecule has 3 amide bonds. The minimum absolute atomic E-state index is 0.119. The van der Waals surface area contributed by atoms with Crippen LogP contribution in [0.3, 0.4) is 0 Å². The monoisotopic (exact) mass is 653 g/mol. The molecule has 4 aromatic rings. The van der Waals surface area contributed by atoms with E-state index in [1.807, 2.05) is 0 Å². The van der Waals surface area contributed by atoms with Gasteiger partial charge in [-0.05, 0) is 93.7 Å². The average molecular weight is 654 g/mol. The molecule has 0 spiro atoms. The third-order valence-electron chi connectivity index (χ3n) is 7.39. The summed E-state index contributed by atoms with van der Waals surface area (Å²) in [6, 6.07) is 6.46. The summed E-state index contributed by atoms with van der Waals surface area (Å²) >= 11 is 2.92. The summed E-state index contributed by atoms with van der Waals surface area (Å²) in [5.41, 5.74) is 3.09. The second kappa shape index (κ2) is 15.2. The molecule has 0 fully saturated rings. The van der Waals surface area contributed by atoms with Crippen molar-refractivity contribution in [3.05, 3.63) is 80.3 Å². The average Bonchev–Trinajstić information content (AvgIpc) is 3.86. The summed E-state index contributed by atoms with van der Waals surface area (Å²) in [6.45, 7) is 2.16. The zero-order valence-electron chi connectivity index (χ0n) is 24.9. The molecule has 0 aromatic carbocycles. The van der Waals surface area contributed by atoms with Gasteiger partial charge in [0.1, 0.15) is 10.0 Å². The summed E-state index contributed by atoms with van der Waals surface area (Å²) in [4.78, 5) is 51.4. The Bertz CT molecular complexity index is 1640. The molecule has 0 aliphatic heterocycles. The second-order valence-electron chi connectivity index (χ2n) is 10.4. The van der Waals surface area contributed by atoms with E-state index in [0.717, 1.165) is 67.4 Å². The molecule has 0 radical (unpaired) electrons. The number of carbonyl (C=O) groups excluding carboxylic acids is 4. The number of nitrogens with one attached hydrogen (secondary N) is 3. The van der Waals surface area contributed by atoms with E-state index < -0.39 is 0 Å². The van der Waals surface area contributed by atoms with Crippen LogP contribution in [0.15, 0.2) is 45.6 Å². The molecule has 4 heterocycles. The number of anilines is 2. The van der Waals surface area contributed by atoms with Crippen LogP contribution in [-0.2, 0) is 30.4 Å². The Kier molecular flexibility index (Phi) is 10.9. The Labute approximate surface area is 268 Å². The lowest BCUT2D eigenvalue weighted by Crippen LogP contribution is -2.28. The van der Waals surface area contributed by atoms with Crippen LogP contribution in [0.25, 0.3) is 0 Å². The fourth-order valence-electron chi connectivity index (χ4n) is 5.37. The van der Waals surface area contributed by atoms with Gasteiger partial charge in [-0.25, -0.2) is 4.79 Å². The Hall–Kier alpha value is -4.20. The molecule has 2 aliphatic carbocycles. The molecular formula is C32H35N3O8S2. The Morgan fingerprint density at radius 2 is 1.29 bits per heavy atom. The van der Waals surface area contributed by atoms with E-state index in [0.29, 0.717) is 27.7 Å². The first-order chi connectivity index (χ1) is 21.9. The molecule has 2 aliphatic rings. The normalized spacial score (nSPS) is 13.5. The number of hydrogen-bond donors (Lipinski definition) is 4. The van der Waals surface area contributed by atoms with E-state index in [2.05, 4.69) is 16.0 Å². The number of fused-ring (bicyclic) bond motifs is 2. The second-order valence-corrected chi connectivity index (χ2v) is 12.6. The van der Waals surface area contributed by atoms with Crippen LogP contribution in [0.5, 0.6) is 0 Å². The molecule has 45 heavy (non-hydrogen) atoms. The van der Waals surface area contributed by atoms with Gasteiger partial charge in [0.2, 0.25) is 0 Å². The molecule has 6 rings (SSSR count). The number of furan rings is 2. The summed E-state index contributed by atoms with van der Waals surface area (Å²) in [6.07, 6.45) is 10.8. The Balaban J connectivity index is 0.000000178. The van der Waals surface area contributed by atoms with Crippen molar-refractivity contribution in [1.29, 1.82) is 0 Å². The summed E-state index contributed by atoms with van der Waals surface area (Å²) < 4.78 is 15.3. The van der Waals surface area contributed by atoms with Crippen LogP contribution in [0.4, 0.5) is 10.0 Å². The minimum Gasteiger partial charge on any atom is -0.462 e. The van der Waals surface area contributed by atoms with Gasteiger partial charge in [0.25, 0.3) is 17.7 Å². The number of ether oxygens (including phenoxy) is 1. The van der Waals surface area contributed by atoms with Crippen molar-refractivity contribution in [1.82, 2.24) is 5.32 Å². The van der Waals surface area contributed by atoms with Gasteiger partial charge in [0.05, 0.1) is 36.9 Å². The van der Waals surface area contributed by atoms with Crippen LogP contribution in [-0.4, -0.2) is 48.6 Å². The number of aryl methyl sites for hydroxylation is 2. The molecule has 0 saturated heterocycles. The number of thiophene rings is 2. The van der Waals surface area contributed by atoms with Gasteiger partial charge in [0.15, 0.2) is 11.5 Å². The zero-order chi connectivity index (χ0) is 31.8. The largest absolute Gasteiger partial charge is 0.462 e. The highest BCUT2D eigenvalue weighted by molar-refractivity contribution is 7.17. The number of rotatable bonds is 9. The standard InChI is InChI=1S/C16H18N2O4S.C16H17NO4S/c19-8-7-17-15(21)13-10-4-1-2-6-12(10)23-16(13)18-14(20)11-5-3-9-22-11;1-2-20-16(19)13-10-6-3-4-8-12(10)22-15(13)17-14(18)11-7-5-9-21-11/h3,5,9,19H,1-2,4,6-8H2,(H,17,21)(H,18,20);5,7,9H,2-4,6,8H2,1H3,(H,17,18). The quantitative estimate of drug-likeness (QED) is 0.164. The lowest BCUT2D eigenvalue weighted by molar-refractivity contribution is 0.0526. The van der Waals surface area contributed by atoms with E-state index in [-0.39, 0.29) is 48.4 Å². The van der Waals surface area contributed by atoms with Crippen LogP contribution < -0.4 is 16.0 Å². The molecule has 13 heteroatoms. The number of carbonyl (C=O) groups is 4. The topological polar surface area (TPSA) is 160 Å². The fourth-order valence-corrected chi connectivity index (χ4v) is 7.92. The van der Waals surface area contributed by atoms with Gasteiger partial charge >= 0.3 is 5.97 Å². The van der Waals surface area contributed by atoms with Crippen molar-refractivity contribution in [3.8, 4) is 0 Å². The molecule has 238 valence electrons. The summed E-state index contributed by atoms with van der Waals surface area (Å²) in [5, 5.41) is 18.3. The SMILES string of the molecule is CCOC(=O)c1c(NC(=O)c2ccco2)sc2c1CCCC2.O=C(Nc1sc2c(c1C(=O)NCCO)CCCC2)c1ccco1. The van der Waals surface area contributed by atoms with Crippen molar-refractivity contribution in [2.24, 2.45) is 0 Å². The van der Waals surface area contributed by atoms with E-state index in [1.165, 1.54) is 40.1 Å². The molecule has 11 nitrogen and oxygen atoms in total. The van der Waals surface area contributed by atoms with Gasteiger partial charge in [-0.2, -0.15) is 0 Å². The van der Waals surface area contributed by atoms with Gasteiger partial charge in [0, 0.05) is 16.3 Å². The Morgan fingerprint density at radius 3 is 1.78 bits per heavy atom. The molecule has 4 N–H and O–H groups in total. The minimum atomic E-state index is -0.371. The number of esters is 1. The Morgan fingerprint density at radius 1 is 0.778 bits per heavy atom. The number of aliphatic hydroxyl groups excluding tert-OH is 1. The third-order valence-corrected chi connectivity index (χ3v) is 9.81. The molecular weight excluding hydrogens is 618 g/mol. The maximum Gasteiger partial charge on any atom is 0.341 e. The first kappa shape index (κ1) is 32.2. The van der Waals surface area contributed by atoms with Crippen LogP contribution >= 0.6 is 22.7 Å².